The molecule has 1 saturated carbocycles. The van der Waals surface area contributed by atoms with Crippen molar-refractivity contribution in [3.8, 4) is 17.2 Å². The molecule has 4 N–H and O–H groups in total. The van der Waals surface area contributed by atoms with E-state index in [1.807, 2.05) is 85.9 Å². The van der Waals surface area contributed by atoms with Gasteiger partial charge in [-0.2, -0.15) is 0 Å². The second-order valence-electron chi connectivity index (χ2n) is 19.2. The van der Waals surface area contributed by atoms with Gasteiger partial charge in [0.05, 0.1) is 21.9 Å². The van der Waals surface area contributed by atoms with Crippen molar-refractivity contribution in [3.05, 3.63) is 172 Å². The first-order valence-electron chi connectivity index (χ1n) is 24.5. The number of ether oxygens (including phenoxy) is 2. The van der Waals surface area contributed by atoms with E-state index in [2.05, 4.69) is 37.0 Å². The highest BCUT2D eigenvalue weighted by molar-refractivity contribution is 7.90. The lowest BCUT2D eigenvalue weighted by Crippen LogP contribution is -2.63. The molecule has 1 aromatic heterocycles. The van der Waals surface area contributed by atoms with Crippen LogP contribution in [0.15, 0.2) is 145 Å². The Hall–Kier alpha value is -7.29. The number of benzene rings is 6. The summed E-state index contributed by atoms with van der Waals surface area (Å²) in [6, 6.07) is 40.6. The van der Waals surface area contributed by atoms with Gasteiger partial charge < -0.3 is 34.7 Å². The molecular formula is C57H56ClN5O8S. The molecule has 15 heteroatoms. The molecule has 1 atom stereocenters. The molecule has 2 amide bonds. The molecule has 7 aromatic rings. The first-order valence-corrected chi connectivity index (χ1v) is 26.3. The number of anilines is 3. The van der Waals surface area contributed by atoms with Gasteiger partial charge in [0.1, 0.15) is 23.9 Å². The number of sulfonamides is 1. The highest BCUT2D eigenvalue weighted by atomic mass is 35.5. The number of aryl methyl sites for hydroxylation is 2. The van der Waals surface area contributed by atoms with Crippen molar-refractivity contribution in [2.45, 2.75) is 75.8 Å². The van der Waals surface area contributed by atoms with Gasteiger partial charge >= 0.3 is 5.97 Å². The number of carbonyl (C=O) groups excluding carboxylic acids is 2. The van der Waals surface area contributed by atoms with Crippen LogP contribution in [0.3, 0.4) is 0 Å². The van der Waals surface area contributed by atoms with Crippen molar-refractivity contribution in [2.24, 2.45) is 11.3 Å². The third-order valence-electron chi connectivity index (χ3n) is 14.5. The van der Waals surface area contributed by atoms with Crippen LogP contribution in [0, 0.1) is 18.3 Å². The fourth-order valence-corrected chi connectivity index (χ4v) is 11.9. The van der Waals surface area contributed by atoms with Gasteiger partial charge in [0.15, 0.2) is 0 Å². The molecule has 1 spiro atoms. The largest absolute Gasteiger partial charge is 0.489 e. The van der Waals surface area contributed by atoms with Gasteiger partial charge in [-0.25, -0.2) is 13.1 Å². The van der Waals surface area contributed by atoms with Gasteiger partial charge in [-0.15, -0.1) is 0 Å². The highest BCUT2D eigenvalue weighted by Crippen LogP contribution is 2.59. The molecule has 1 aliphatic carbocycles. The van der Waals surface area contributed by atoms with E-state index in [-0.39, 0.29) is 52.3 Å². The number of aromatic nitrogens is 1. The lowest BCUT2D eigenvalue weighted by Gasteiger charge is -2.56. The number of halogens is 1. The Labute approximate surface area is 424 Å². The van der Waals surface area contributed by atoms with Crippen LogP contribution in [0.4, 0.5) is 17.1 Å². The van der Waals surface area contributed by atoms with Crippen molar-refractivity contribution >= 4 is 67.4 Å². The summed E-state index contributed by atoms with van der Waals surface area (Å²) >= 11 is 6.36. The summed E-state index contributed by atoms with van der Waals surface area (Å²) in [4.78, 5) is 47.3. The fourth-order valence-electron chi connectivity index (χ4n) is 10.7. The Morgan fingerprint density at radius 2 is 1.67 bits per heavy atom. The van der Waals surface area contributed by atoms with Crippen LogP contribution in [0.5, 0.6) is 17.2 Å². The molecule has 0 bridgehead atoms. The minimum atomic E-state index is -4.47. The smallest absolute Gasteiger partial charge is 0.303 e. The van der Waals surface area contributed by atoms with E-state index in [4.69, 9.17) is 21.1 Å². The molecule has 370 valence electrons. The number of aliphatic carboxylic acids is 1. The standard InChI is InChI=1S/C57H56ClN5O8S/c1-37-12-14-43(33-49(37)58)60-51-20-17-47(32-40(51)13-21-53(64)65)72(68,69)61-55(66)48-18-15-44(34-52(48)71-46-16-19-50-41(30-46)22-27-59-50)62-28-23-38(24-29-62)35-63-54(57(56(63)67)25-5-6-26-57)42-10-7-11-45(31-42)70-36-39-8-3-2-4-9-39/h2-4,7-12,14-20,22,27,30-34,38,54,59-60H,5-6,13,21,23-26,28-29,35-36H2,1H3,(H,61,66)(H,64,65). The van der Waals surface area contributed by atoms with Gasteiger partial charge in [-0.3, -0.25) is 14.4 Å². The normalized spacial score (nSPS) is 16.7. The maximum absolute atomic E-state index is 14.2. The molecule has 2 saturated heterocycles. The first kappa shape index (κ1) is 48.3. The number of rotatable bonds is 17. The molecule has 2 aliphatic heterocycles. The third kappa shape index (κ3) is 10.2. The minimum absolute atomic E-state index is 0.00185. The zero-order chi connectivity index (χ0) is 50.0. The maximum atomic E-state index is 14.2. The molecule has 3 aliphatic rings. The predicted octanol–water partition coefficient (Wildman–Crippen LogP) is 11.7. The average Bonchev–Trinajstić information content (AvgIpc) is 4.09. The van der Waals surface area contributed by atoms with Crippen molar-refractivity contribution < 1.29 is 37.4 Å². The Morgan fingerprint density at radius 3 is 2.44 bits per heavy atom. The van der Waals surface area contributed by atoms with E-state index in [0.717, 1.165) is 77.6 Å². The summed E-state index contributed by atoms with van der Waals surface area (Å²) in [5.41, 5.74) is 6.00. The molecule has 6 aromatic carbocycles. The molecule has 10 rings (SSSR count). The van der Waals surface area contributed by atoms with Crippen molar-refractivity contribution in [3.63, 3.8) is 0 Å². The average molecular weight is 1010 g/mol. The number of amides is 2. The number of aromatic amines is 1. The molecule has 13 nitrogen and oxygen atoms in total. The molecular weight excluding hydrogens is 950 g/mol. The van der Waals surface area contributed by atoms with E-state index in [0.29, 0.717) is 54.0 Å². The van der Waals surface area contributed by atoms with Gasteiger partial charge in [-0.1, -0.05) is 73.0 Å². The number of hydrogen-bond acceptors (Lipinski definition) is 9. The number of fused-ring (bicyclic) bond motifs is 1. The molecule has 1 unspecified atom stereocenters. The molecule has 3 heterocycles. The second-order valence-corrected chi connectivity index (χ2v) is 21.3. The van der Waals surface area contributed by atoms with Crippen LogP contribution >= 0.6 is 11.6 Å². The summed E-state index contributed by atoms with van der Waals surface area (Å²) in [5.74, 6) is 0.00851. The molecule has 0 radical (unpaired) electrons. The topological polar surface area (TPSA) is 170 Å². The van der Waals surface area contributed by atoms with Gasteiger partial charge in [0, 0.05) is 71.3 Å². The maximum Gasteiger partial charge on any atom is 0.303 e. The Kier molecular flexibility index (Phi) is 13.7. The van der Waals surface area contributed by atoms with Crippen molar-refractivity contribution in [1.82, 2.24) is 14.6 Å². The summed E-state index contributed by atoms with van der Waals surface area (Å²) < 4.78 is 42.9. The number of carboxylic acid groups (broad SMARTS) is 1. The first-order chi connectivity index (χ1) is 34.8. The Morgan fingerprint density at radius 1 is 0.861 bits per heavy atom. The number of likely N-dealkylation sites (tertiary alicyclic amines) is 1. The SMILES string of the molecule is Cc1ccc(Nc2ccc(S(=O)(=O)NC(=O)c3ccc(N4CCC(CN5C(=O)C6(CCCC6)C5c5cccc(OCc6ccccc6)c5)CC4)cc3Oc3ccc4[nH]ccc4c3)cc2CCC(=O)O)cc1Cl. The van der Waals surface area contributed by atoms with Gasteiger partial charge in [0.2, 0.25) is 5.91 Å². The van der Waals surface area contributed by atoms with E-state index >= 15 is 0 Å². The number of H-pyrrole nitrogens is 1. The van der Waals surface area contributed by atoms with Crippen LogP contribution in [-0.2, 0) is 32.6 Å². The summed E-state index contributed by atoms with van der Waals surface area (Å²) in [6.45, 7) is 4.41. The van der Waals surface area contributed by atoms with Gasteiger partial charge in [-0.05, 0) is 146 Å². The molecule has 72 heavy (non-hydrogen) atoms. The van der Waals surface area contributed by atoms with Crippen LogP contribution in [0.1, 0.15) is 83.6 Å². The van der Waals surface area contributed by atoms with Crippen molar-refractivity contribution in [1.29, 1.82) is 0 Å². The quantitative estimate of drug-likeness (QED) is 0.0644. The number of carboxylic acids is 1. The lowest BCUT2D eigenvalue weighted by molar-refractivity contribution is -0.174. The van der Waals surface area contributed by atoms with Crippen molar-refractivity contribution in [2.75, 3.05) is 29.9 Å². The van der Waals surface area contributed by atoms with E-state index in [1.54, 1.807) is 36.4 Å². The Bertz CT molecular complexity index is 3280. The second kappa shape index (κ2) is 20.4. The van der Waals surface area contributed by atoms with Crippen LogP contribution < -0.4 is 24.4 Å². The number of piperidine rings is 1. The van der Waals surface area contributed by atoms with Gasteiger partial charge in [0.25, 0.3) is 15.9 Å². The van der Waals surface area contributed by atoms with E-state index in [1.165, 1.54) is 12.1 Å². The highest BCUT2D eigenvalue weighted by Gasteiger charge is 2.61. The number of nitrogens with one attached hydrogen (secondary N) is 3. The third-order valence-corrected chi connectivity index (χ3v) is 16.2. The summed E-state index contributed by atoms with van der Waals surface area (Å²) in [6.07, 6.45) is 7.17. The number of hydrogen-bond donors (Lipinski definition) is 4. The summed E-state index contributed by atoms with van der Waals surface area (Å²) in [7, 11) is -4.47. The zero-order valence-corrected chi connectivity index (χ0v) is 41.5. The lowest BCUT2D eigenvalue weighted by atomic mass is 9.66. The fraction of sp³-hybridized carbons (Fsp3) is 0.281. The predicted molar refractivity (Wildman–Crippen MR) is 279 cm³/mol. The van der Waals surface area contributed by atoms with Crippen LogP contribution in [-0.4, -0.2) is 60.8 Å². The zero-order valence-electron chi connectivity index (χ0n) is 39.9. The summed E-state index contributed by atoms with van der Waals surface area (Å²) in [5, 5.41) is 14.2. The number of β-lactam (4-membered cyclic amide) rings is 1. The number of nitrogens with zero attached hydrogens (tertiary/aromatic N) is 2. The van der Waals surface area contributed by atoms with Crippen LogP contribution in [0.25, 0.3) is 10.9 Å². The van der Waals surface area contributed by atoms with E-state index in [9.17, 15) is 27.9 Å². The molecule has 3 fully saturated rings. The van der Waals surface area contributed by atoms with E-state index < -0.39 is 21.9 Å². The monoisotopic (exact) mass is 1010 g/mol. The minimum Gasteiger partial charge on any atom is -0.489 e. The van der Waals surface area contributed by atoms with Crippen LogP contribution in [0.2, 0.25) is 5.02 Å². The number of carbonyl (C=O) groups is 3. The Balaban J connectivity index is 0.856.